The maximum Gasteiger partial charge on any atom is 0.0517 e. The average molecular weight is 283 g/mol. The van der Waals surface area contributed by atoms with Crippen LogP contribution in [-0.4, -0.2) is 0 Å². The van der Waals surface area contributed by atoms with E-state index in [9.17, 15) is 0 Å². The molecule has 4 rings (SSSR count). The van der Waals surface area contributed by atoms with E-state index in [1.807, 2.05) is 12.1 Å². The first-order valence-electron chi connectivity index (χ1n) is 7.22. The Labute approximate surface area is 127 Å². The van der Waals surface area contributed by atoms with Crippen LogP contribution in [0.1, 0.15) is 5.56 Å². The predicted molar refractivity (Wildman–Crippen MR) is 91.8 cm³/mol. The van der Waals surface area contributed by atoms with Gasteiger partial charge in [-0.3, -0.25) is 0 Å². The van der Waals surface area contributed by atoms with Crippen molar-refractivity contribution in [2.24, 2.45) is 5.11 Å². The Hall–Kier alpha value is -3.03. The molecule has 0 saturated heterocycles. The van der Waals surface area contributed by atoms with Gasteiger partial charge in [0.05, 0.1) is 6.54 Å². The van der Waals surface area contributed by atoms with Gasteiger partial charge in [-0.2, -0.15) is 0 Å². The molecule has 0 aliphatic heterocycles. The molecule has 0 fully saturated rings. The van der Waals surface area contributed by atoms with Crippen molar-refractivity contribution in [3.05, 3.63) is 82.7 Å². The Morgan fingerprint density at radius 3 is 1.77 bits per heavy atom. The Kier molecular flexibility index (Phi) is 2.92. The van der Waals surface area contributed by atoms with E-state index in [1.165, 1.54) is 32.3 Å². The minimum Gasteiger partial charge on any atom is -0.0893 e. The molecule has 0 aliphatic carbocycles. The molecule has 0 bridgehead atoms. The van der Waals surface area contributed by atoms with Gasteiger partial charge >= 0.3 is 0 Å². The summed E-state index contributed by atoms with van der Waals surface area (Å²) in [4.78, 5) is 2.91. The summed E-state index contributed by atoms with van der Waals surface area (Å²) in [5.74, 6) is 0. The zero-order valence-corrected chi connectivity index (χ0v) is 11.9. The van der Waals surface area contributed by atoms with Crippen molar-refractivity contribution in [1.82, 2.24) is 0 Å². The van der Waals surface area contributed by atoms with E-state index in [0.29, 0.717) is 6.54 Å². The number of benzene rings is 4. The standard InChI is InChI=1S/C19H13N3/c20-22-21-12-13-6-5-11-18-16-8-2-1-7-14(16)15-9-3-4-10-17(15)19(13)18/h1-11H,12H2. The van der Waals surface area contributed by atoms with E-state index in [2.05, 4.69) is 64.6 Å². The molecular weight excluding hydrogens is 270 g/mol. The van der Waals surface area contributed by atoms with Gasteiger partial charge in [-0.1, -0.05) is 71.8 Å². The highest BCUT2D eigenvalue weighted by atomic mass is 15.1. The summed E-state index contributed by atoms with van der Waals surface area (Å²) in [6, 6.07) is 23.1. The molecule has 0 radical (unpaired) electrons. The quantitative estimate of drug-likeness (QED) is 0.189. The third-order valence-corrected chi connectivity index (χ3v) is 4.16. The lowest BCUT2D eigenvalue weighted by molar-refractivity contribution is 1.06. The van der Waals surface area contributed by atoms with Crippen LogP contribution >= 0.6 is 0 Å². The first-order chi connectivity index (χ1) is 10.9. The fraction of sp³-hybridized carbons (Fsp3) is 0.0526. The molecule has 0 saturated carbocycles. The van der Waals surface area contributed by atoms with Gasteiger partial charge in [0.25, 0.3) is 0 Å². The van der Waals surface area contributed by atoms with Crippen molar-refractivity contribution in [1.29, 1.82) is 0 Å². The van der Waals surface area contributed by atoms with Gasteiger partial charge in [0.15, 0.2) is 0 Å². The highest BCUT2D eigenvalue weighted by Crippen LogP contribution is 2.36. The predicted octanol–water partition coefficient (Wildman–Crippen LogP) is 5.96. The number of hydrogen-bond acceptors (Lipinski definition) is 1. The fourth-order valence-corrected chi connectivity index (χ4v) is 3.27. The number of fused-ring (bicyclic) bond motifs is 6. The van der Waals surface area contributed by atoms with Gasteiger partial charge < -0.3 is 0 Å². The Morgan fingerprint density at radius 2 is 1.18 bits per heavy atom. The molecule has 0 spiro atoms. The second kappa shape index (κ2) is 5.06. The molecule has 0 aromatic heterocycles. The summed E-state index contributed by atoms with van der Waals surface area (Å²) in [6.07, 6.45) is 0. The van der Waals surface area contributed by atoms with Crippen LogP contribution in [0.3, 0.4) is 0 Å². The van der Waals surface area contributed by atoms with Gasteiger partial charge in [-0.05, 0) is 43.4 Å². The lowest BCUT2D eigenvalue weighted by atomic mass is 9.92. The van der Waals surface area contributed by atoms with E-state index >= 15 is 0 Å². The van der Waals surface area contributed by atoms with Gasteiger partial charge in [-0.25, -0.2) is 0 Å². The smallest absolute Gasteiger partial charge is 0.0517 e. The normalized spacial score (nSPS) is 10.9. The molecule has 104 valence electrons. The van der Waals surface area contributed by atoms with E-state index in [-0.39, 0.29) is 0 Å². The van der Waals surface area contributed by atoms with Crippen LogP contribution in [0.15, 0.2) is 71.8 Å². The second-order valence-corrected chi connectivity index (χ2v) is 5.32. The first-order valence-corrected chi connectivity index (χ1v) is 7.22. The minimum atomic E-state index is 0.371. The summed E-state index contributed by atoms with van der Waals surface area (Å²) in [7, 11) is 0. The minimum absolute atomic E-state index is 0.371. The third-order valence-electron chi connectivity index (χ3n) is 4.16. The summed E-state index contributed by atoms with van der Waals surface area (Å²) in [5.41, 5.74) is 9.71. The molecule has 4 aromatic carbocycles. The molecule has 0 aliphatic rings. The molecule has 0 unspecified atom stereocenters. The maximum atomic E-state index is 8.64. The van der Waals surface area contributed by atoms with Crippen LogP contribution in [0, 0.1) is 0 Å². The van der Waals surface area contributed by atoms with Crippen LogP contribution in [-0.2, 0) is 6.54 Å². The molecule has 0 heterocycles. The molecule has 0 amide bonds. The van der Waals surface area contributed by atoms with E-state index in [4.69, 9.17) is 5.53 Å². The lowest BCUT2D eigenvalue weighted by Crippen LogP contribution is -1.88. The monoisotopic (exact) mass is 283 g/mol. The van der Waals surface area contributed by atoms with Crippen LogP contribution in [0.4, 0.5) is 0 Å². The fourth-order valence-electron chi connectivity index (χ4n) is 3.27. The van der Waals surface area contributed by atoms with Crippen LogP contribution in [0.5, 0.6) is 0 Å². The van der Waals surface area contributed by atoms with Crippen LogP contribution < -0.4 is 0 Å². The number of azide groups is 1. The molecule has 0 N–H and O–H groups in total. The van der Waals surface area contributed by atoms with Gasteiger partial charge in [0, 0.05) is 4.91 Å². The molecule has 22 heavy (non-hydrogen) atoms. The largest absolute Gasteiger partial charge is 0.0893 e. The van der Waals surface area contributed by atoms with Crippen molar-refractivity contribution in [2.45, 2.75) is 6.54 Å². The number of rotatable bonds is 2. The zero-order chi connectivity index (χ0) is 14.9. The van der Waals surface area contributed by atoms with Crippen molar-refractivity contribution >= 4 is 32.3 Å². The van der Waals surface area contributed by atoms with E-state index in [1.54, 1.807) is 0 Å². The summed E-state index contributed by atoms with van der Waals surface area (Å²) >= 11 is 0. The second-order valence-electron chi connectivity index (χ2n) is 5.32. The maximum absolute atomic E-state index is 8.64. The molecule has 3 heteroatoms. The van der Waals surface area contributed by atoms with Gasteiger partial charge in [0.1, 0.15) is 0 Å². The topological polar surface area (TPSA) is 48.8 Å². The van der Waals surface area contributed by atoms with Crippen molar-refractivity contribution in [2.75, 3.05) is 0 Å². The number of hydrogen-bond donors (Lipinski definition) is 0. The first kappa shape index (κ1) is 12.7. The van der Waals surface area contributed by atoms with Crippen molar-refractivity contribution in [3.8, 4) is 0 Å². The molecule has 3 nitrogen and oxygen atoms in total. The average Bonchev–Trinajstić information content (AvgIpc) is 2.60. The summed E-state index contributed by atoms with van der Waals surface area (Å²) in [5, 5.41) is 11.1. The lowest BCUT2D eigenvalue weighted by Gasteiger charge is -2.12. The third kappa shape index (κ3) is 1.80. The van der Waals surface area contributed by atoms with E-state index < -0.39 is 0 Å². The Balaban J connectivity index is 2.29. The van der Waals surface area contributed by atoms with Crippen LogP contribution in [0.25, 0.3) is 42.8 Å². The van der Waals surface area contributed by atoms with Crippen molar-refractivity contribution in [3.63, 3.8) is 0 Å². The van der Waals surface area contributed by atoms with Crippen molar-refractivity contribution < 1.29 is 0 Å². The summed E-state index contributed by atoms with van der Waals surface area (Å²) in [6.45, 7) is 0.371. The Morgan fingerprint density at radius 1 is 0.682 bits per heavy atom. The molecule has 4 aromatic rings. The molecular formula is C19H13N3. The summed E-state index contributed by atoms with van der Waals surface area (Å²) < 4.78 is 0. The SMILES string of the molecule is [N-]=[N+]=NCc1cccc2c3ccccc3c3ccccc3c12. The van der Waals surface area contributed by atoms with Gasteiger partial charge in [-0.15, -0.1) is 0 Å². The zero-order valence-electron chi connectivity index (χ0n) is 11.9. The molecule has 0 atom stereocenters. The number of nitrogens with zero attached hydrogens (tertiary/aromatic N) is 3. The Bertz CT molecular complexity index is 1020. The van der Waals surface area contributed by atoms with E-state index in [0.717, 1.165) is 5.56 Å². The van der Waals surface area contributed by atoms with Gasteiger partial charge in [0.2, 0.25) is 0 Å². The highest BCUT2D eigenvalue weighted by molar-refractivity contribution is 6.26. The highest BCUT2D eigenvalue weighted by Gasteiger charge is 2.10. The van der Waals surface area contributed by atoms with Crippen LogP contribution in [0.2, 0.25) is 0 Å².